The summed E-state index contributed by atoms with van der Waals surface area (Å²) in [6.07, 6.45) is 0.392. The van der Waals surface area contributed by atoms with Gasteiger partial charge in [-0.15, -0.1) is 0 Å². The number of piperidine rings is 1. The van der Waals surface area contributed by atoms with Crippen LogP contribution in [-0.2, 0) is 26.3 Å². The maximum absolute atomic E-state index is 13.2. The average Bonchev–Trinajstić information content (AvgIpc) is 3.26. The first-order valence-corrected chi connectivity index (χ1v) is 11.5. The maximum Gasteiger partial charge on any atom is 0.407 e. The second-order valence-corrected chi connectivity index (χ2v) is 10.3. The number of esters is 1. The van der Waals surface area contributed by atoms with Gasteiger partial charge in [-0.25, -0.2) is 4.79 Å². The van der Waals surface area contributed by atoms with Gasteiger partial charge in [0.25, 0.3) is 5.91 Å². The van der Waals surface area contributed by atoms with E-state index in [0.717, 1.165) is 5.56 Å². The number of hydrogen-bond acceptors (Lipinski definition) is 6. The number of likely N-dealkylation sites (tertiary alicyclic amines) is 1. The van der Waals surface area contributed by atoms with Crippen LogP contribution in [0.15, 0.2) is 12.1 Å². The molecule has 184 valence electrons. The van der Waals surface area contributed by atoms with Gasteiger partial charge in [0.05, 0.1) is 13.2 Å². The number of carbonyl (C=O) groups is 4. The standard InChI is InChI=1S/C24H31N3O7/c1-23(2,3)34-18(28)7-6-17(20(25)29)27-12-15-14(21(27)30)4-5-16-19(15)33-13-24(16)8-10-26(11-9-24)22(31)32/h4-5,17H,6-13H2,1-3H3,(H2,25,29)(H,31,32)/t17-/m0/s1. The number of amides is 3. The van der Waals surface area contributed by atoms with Gasteiger partial charge in [-0.2, -0.15) is 0 Å². The Morgan fingerprint density at radius 3 is 2.50 bits per heavy atom. The predicted molar refractivity (Wildman–Crippen MR) is 120 cm³/mol. The fraction of sp³-hybridized carbons (Fsp3) is 0.583. The van der Waals surface area contributed by atoms with Crippen LogP contribution in [0.1, 0.15) is 67.9 Å². The van der Waals surface area contributed by atoms with E-state index in [1.807, 2.05) is 6.07 Å². The SMILES string of the molecule is CC(C)(C)OC(=O)CC[C@@H](C(N)=O)N1Cc2c(ccc3c2OCC32CCN(C(=O)O)CC2)C1=O. The number of nitrogens with zero attached hydrogens (tertiary/aromatic N) is 2. The molecule has 10 nitrogen and oxygen atoms in total. The molecule has 3 amide bonds. The first-order chi connectivity index (χ1) is 15.9. The zero-order valence-electron chi connectivity index (χ0n) is 19.8. The lowest BCUT2D eigenvalue weighted by Gasteiger charge is -2.37. The lowest BCUT2D eigenvalue weighted by molar-refractivity contribution is -0.155. The quantitative estimate of drug-likeness (QED) is 0.624. The molecule has 0 unspecified atom stereocenters. The third-order valence-corrected chi connectivity index (χ3v) is 6.88. The molecule has 1 spiro atoms. The summed E-state index contributed by atoms with van der Waals surface area (Å²) in [6.45, 7) is 6.72. The minimum atomic E-state index is -0.947. The van der Waals surface area contributed by atoms with Crippen molar-refractivity contribution in [2.24, 2.45) is 5.73 Å². The molecule has 1 atom stereocenters. The van der Waals surface area contributed by atoms with Crippen molar-refractivity contribution in [3.8, 4) is 5.75 Å². The van der Waals surface area contributed by atoms with E-state index in [1.165, 1.54) is 9.80 Å². The summed E-state index contributed by atoms with van der Waals surface area (Å²) in [4.78, 5) is 51.7. The van der Waals surface area contributed by atoms with Crippen LogP contribution in [0.4, 0.5) is 4.79 Å². The lowest BCUT2D eigenvalue weighted by Crippen LogP contribution is -2.45. The highest BCUT2D eigenvalue weighted by molar-refractivity contribution is 6.02. The summed E-state index contributed by atoms with van der Waals surface area (Å²) >= 11 is 0. The molecule has 34 heavy (non-hydrogen) atoms. The predicted octanol–water partition coefficient (Wildman–Crippen LogP) is 2.02. The monoisotopic (exact) mass is 473 g/mol. The zero-order chi connectivity index (χ0) is 24.8. The first kappa shape index (κ1) is 23.8. The van der Waals surface area contributed by atoms with Crippen molar-refractivity contribution in [1.29, 1.82) is 0 Å². The lowest BCUT2D eigenvalue weighted by atomic mass is 9.74. The van der Waals surface area contributed by atoms with Gasteiger partial charge >= 0.3 is 12.1 Å². The van der Waals surface area contributed by atoms with Crippen LogP contribution in [0.2, 0.25) is 0 Å². The average molecular weight is 474 g/mol. The summed E-state index contributed by atoms with van der Waals surface area (Å²) in [5, 5.41) is 9.27. The molecule has 0 bridgehead atoms. The normalized spacial score (nSPS) is 19.4. The number of hydrogen-bond donors (Lipinski definition) is 2. The van der Waals surface area contributed by atoms with Gasteiger partial charge in [-0.05, 0) is 46.1 Å². The topological polar surface area (TPSA) is 139 Å². The molecule has 3 aliphatic rings. The fourth-order valence-electron chi connectivity index (χ4n) is 5.14. The summed E-state index contributed by atoms with van der Waals surface area (Å²) in [7, 11) is 0. The van der Waals surface area contributed by atoms with Gasteiger partial charge in [0.1, 0.15) is 17.4 Å². The zero-order valence-corrected chi connectivity index (χ0v) is 19.8. The molecular formula is C24H31N3O7. The molecular weight excluding hydrogens is 442 g/mol. The Kier molecular flexibility index (Phi) is 5.95. The summed E-state index contributed by atoms with van der Waals surface area (Å²) in [5.41, 5.74) is 6.84. The second kappa shape index (κ2) is 8.48. The van der Waals surface area contributed by atoms with Crippen molar-refractivity contribution in [2.75, 3.05) is 19.7 Å². The van der Waals surface area contributed by atoms with Gasteiger partial charge < -0.3 is 30.1 Å². The molecule has 10 heteroatoms. The van der Waals surface area contributed by atoms with E-state index in [1.54, 1.807) is 26.8 Å². The van der Waals surface area contributed by atoms with E-state index in [2.05, 4.69) is 0 Å². The number of carboxylic acid groups (broad SMARTS) is 1. The van der Waals surface area contributed by atoms with Gasteiger partial charge in [0.15, 0.2) is 0 Å². The second-order valence-electron chi connectivity index (χ2n) is 10.3. The molecule has 4 rings (SSSR count). The van der Waals surface area contributed by atoms with Crippen molar-refractivity contribution in [2.45, 2.75) is 70.1 Å². The maximum atomic E-state index is 13.2. The first-order valence-electron chi connectivity index (χ1n) is 11.5. The molecule has 1 aromatic rings. The van der Waals surface area contributed by atoms with Crippen molar-refractivity contribution >= 4 is 23.9 Å². The van der Waals surface area contributed by atoms with E-state index in [0.29, 0.717) is 49.4 Å². The van der Waals surface area contributed by atoms with Crippen LogP contribution in [0.3, 0.4) is 0 Å². The highest BCUT2D eigenvalue weighted by Gasteiger charge is 2.47. The van der Waals surface area contributed by atoms with E-state index < -0.39 is 29.6 Å². The van der Waals surface area contributed by atoms with Crippen LogP contribution in [0.25, 0.3) is 0 Å². The van der Waals surface area contributed by atoms with E-state index in [-0.39, 0.29) is 30.7 Å². The number of fused-ring (bicyclic) bond motifs is 4. The summed E-state index contributed by atoms with van der Waals surface area (Å²) in [6, 6.07) is 2.69. The van der Waals surface area contributed by atoms with Crippen molar-refractivity contribution in [3.05, 3.63) is 28.8 Å². The molecule has 1 fully saturated rings. The van der Waals surface area contributed by atoms with E-state index in [4.69, 9.17) is 15.2 Å². The molecule has 0 aliphatic carbocycles. The number of nitrogens with two attached hydrogens (primary N) is 1. The molecule has 1 aromatic carbocycles. The van der Waals surface area contributed by atoms with E-state index in [9.17, 15) is 24.3 Å². The Hall–Kier alpha value is -3.30. The molecule has 0 radical (unpaired) electrons. The molecule has 3 heterocycles. The Bertz CT molecular complexity index is 1040. The Morgan fingerprint density at radius 2 is 1.91 bits per heavy atom. The Morgan fingerprint density at radius 1 is 1.24 bits per heavy atom. The molecule has 3 N–H and O–H groups in total. The third kappa shape index (κ3) is 4.28. The number of rotatable bonds is 5. The molecule has 1 saturated heterocycles. The van der Waals surface area contributed by atoms with Crippen LogP contribution < -0.4 is 10.5 Å². The highest BCUT2D eigenvalue weighted by Crippen LogP contribution is 2.49. The van der Waals surface area contributed by atoms with Crippen LogP contribution in [-0.4, -0.2) is 70.1 Å². The minimum absolute atomic E-state index is 0.0389. The summed E-state index contributed by atoms with van der Waals surface area (Å²) in [5.74, 6) is -0.815. The Labute approximate surface area is 198 Å². The van der Waals surface area contributed by atoms with Crippen molar-refractivity contribution in [1.82, 2.24) is 9.80 Å². The van der Waals surface area contributed by atoms with Gasteiger partial charge in [-0.1, -0.05) is 6.07 Å². The number of primary amides is 1. The van der Waals surface area contributed by atoms with Crippen LogP contribution in [0, 0.1) is 0 Å². The van der Waals surface area contributed by atoms with Crippen molar-refractivity contribution < 1.29 is 33.8 Å². The van der Waals surface area contributed by atoms with Crippen LogP contribution in [0.5, 0.6) is 5.75 Å². The number of ether oxygens (including phenoxy) is 2. The van der Waals surface area contributed by atoms with Crippen molar-refractivity contribution in [3.63, 3.8) is 0 Å². The highest BCUT2D eigenvalue weighted by atomic mass is 16.6. The Balaban J connectivity index is 1.52. The largest absolute Gasteiger partial charge is 0.492 e. The summed E-state index contributed by atoms with van der Waals surface area (Å²) < 4.78 is 11.4. The minimum Gasteiger partial charge on any atom is -0.492 e. The fourth-order valence-corrected chi connectivity index (χ4v) is 5.14. The third-order valence-electron chi connectivity index (χ3n) is 6.88. The smallest absolute Gasteiger partial charge is 0.407 e. The van der Waals surface area contributed by atoms with Gasteiger partial charge in [0, 0.05) is 41.6 Å². The van der Waals surface area contributed by atoms with Crippen LogP contribution >= 0.6 is 0 Å². The molecule has 3 aliphatic heterocycles. The molecule has 0 saturated carbocycles. The van der Waals surface area contributed by atoms with Gasteiger partial charge in [0.2, 0.25) is 5.91 Å². The van der Waals surface area contributed by atoms with Gasteiger partial charge in [-0.3, -0.25) is 14.4 Å². The molecule has 0 aromatic heterocycles. The van der Waals surface area contributed by atoms with E-state index >= 15 is 0 Å². The number of benzene rings is 1. The number of carbonyl (C=O) groups excluding carboxylic acids is 3.